The summed E-state index contributed by atoms with van der Waals surface area (Å²) in [5.41, 5.74) is 2.63. The molecule has 0 saturated carbocycles. The van der Waals surface area contributed by atoms with Crippen LogP contribution in [0.3, 0.4) is 0 Å². The van der Waals surface area contributed by atoms with E-state index in [9.17, 15) is 4.79 Å². The molecule has 3 rings (SSSR count). The summed E-state index contributed by atoms with van der Waals surface area (Å²) in [7, 11) is 6.16. The molecule has 2 aromatic carbocycles. The van der Waals surface area contributed by atoms with Crippen LogP contribution in [-0.2, 0) is 4.79 Å². The van der Waals surface area contributed by atoms with Crippen LogP contribution in [0.15, 0.2) is 36.5 Å². The third kappa shape index (κ3) is 5.04. The summed E-state index contributed by atoms with van der Waals surface area (Å²) in [6, 6.07) is 8.94. The number of ether oxygens (including phenoxy) is 4. The number of carbonyl (C=O) groups excluding carboxylic acids is 1. The van der Waals surface area contributed by atoms with Gasteiger partial charge in [0.05, 0.1) is 51.7 Å². The minimum Gasteiger partial charge on any atom is -0.495 e. The zero-order chi connectivity index (χ0) is 22.4. The fraction of sp³-hybridized carbons (Fsp3) is 0.286. The molecule has 0 bridgehead atoms. The van der Waals surface area contributed by atoms with Gasteiger partial charge in [0.2, 0.25) is 11.7 Å². The van der Waals surface area contributed by atoms with Crippen LogP contribution in [0, 0.1) is 0 Å². The van der Waals surface area contributed by atoms with Crippen molar-refractivity contribution in [1.82, 2.24) is 21.1 Å². The first-order valence-electron chi connectivity index (χ1n) is 9.31. The Morgan fingerprint density at radius 1 is 1.00 bits per heavy atom. The molecular formula is C21H26ClN5O5. The van der Waals surface area contributed by atoms with Gasteiger partial charge >= 0.3 is 0 Å². The molecule has 11 heteroatoms. The van der Waals surface area contributed by atoms with E-state index in [-0.39, 0.29) is 24.4 Å². The second-order valence-corrected chi connectivity index (χ2v) is 6.69. The van der Waals surface area contributed by atoms with Gasteiger partial charge in [0.25, 0.3) is 0 Å². The lowest BCUT2D eigenvalue weighted by atomic mass is 10.1. The van der Waals surface area contributed by atoms with Crippen LogP contribution in [0.25, 0.3) is 16.9 Å². The normalized spacial score (nSPS) is 10.2. The Morgan fingerprint density at radius 3 is 2.22 bits per heavy atom. The molecule has 0 fully saturated rings. The Morgan fingerprint density at radius 2 is 1.66 bits per heavy atom. The summed E-state index contributed by atoms with van der Waals surface area (Å²) in [6.45, 7) is 0. The van der Waals surface area contributed by atoms with Crippen LogP contribution in [0.2, 0.25) is 0 Å². The lowest BCUT2D eigenvalue weighted by Gasteiger charge is -2.15. The summed E-state index contributed by atoms with van der Waals surface area (Å²) in [4.78, 5) is 12.0. The van der Waals surface area contributed by atoms with E-state index in [2.05, 4.69) is 15.6 Å². The molecule has 0 aliphatic rings. The first-order chi connectivity index (χ1) is 15.1. The van der Waals surface area contributed by atoms with Crippen molar-refractivity contribution in [1.29, 1.82) is 0 Å². The predicted molar refractivity (Wildman–Crippen MR) is 122 cm³/mol. The number of amides is 1. The topological polar surface area (TPSA) is 132 Å². The third-order valence-electron chi connectivity index (χ3n) is 4.53. The number of methoxy groups -OCH3 is 4. The molecule has 0 radical (unpaired) electrons. The minimum absolute atomic E-state index is 0. The second-order valence-electron chi connectivity index (χ2n) is 6.32. The SMILES string of the molecule is COc1ccc(-c2cnnn2-c2cc(OC)c(OC)c(OC)c2)cc1NC(=O)CCCl.N. The summed E-state index contributed by atoms with van der Waals surface area (Å²) < 4.78 is 23.3. The largest absolute Gasteiger partial charge is 0.495 e. The highest BCUT2D eigenvalue weighted by Gasteiger charge is 2.18. The molecule has 3 aromatic rings. The Bertz CT molecular complexity index is 1050. The van der Waals surface area contributed by atoms with E-state index < -0.39 is 0 Å². The minimum atomic E-state index is -0.207. The average Bonchev–Trinajstić information content (AvgIpc) is 3.28. The summed E-state index contributed by atoms with van der Waals surface area (Å²) in [5, 5.41) is 11.1. The number of alkyl halides is 1. The highest BCUT2D eigenvalue weighted by Crippen LogP contribution is 2.40. The van der Waals surface area contributed by atoms with Crippen molar-refractivity contribution in [3.8, 4) is 39.9 Å². The molecule has 0 aliphatic heterocycles. The lowest BCUT2D eigenvalue weighted by molar-refractivity contribution is -0.115. The van der Waals surface area contributed by atoms with E-state index in [0.29, 0.717) is 40.1 Å². The number of nitrogens with one attached hydrogen (secondary N) is 1. The number of hydrogen-bond donors (Lipinski definition) is 2. The van der Waals surface area contributed by atoms with Gasteiger partial charge < -0.3 is 30.4 Å². The Balaban J connectivity index is 0.00000363. The third-order valence-corrected chi connectivity index (χ3v) is 4.72. The lowest BCUT2D eigenvalue weighted by Crippen LogP contribution is -2.12. The molecule has 0 aliphatic carbocycles. The van der Waals surface area contributed by atoms with Crippen LogP contribution in [-0.4, -0.2) is 55.2 Å². The van der Waals surface area contributed by atoms with Gasteiger partial charge in [0.15, 0.2) is 11.5 Å². The molecule has 1 aromatic heterocycles. The van der Waals surface area contributed by atoms with E-state index in [0.717, 1.165) is 5.56 Å². The maximum atomic E-state index is 12.0. The van der Waals surface area contributed by atoms with Crippen molar-refractivity contribution >= 4 is 23.2 Å². The van der Waals surface area contributed by atoms with E-state index >= 15 is 0 Å². The number of hydrogen-bond acceptors (Lipinski definition) is 8. The zero-order valence-corrected chi connectivity index (χ0v) is 19.1. The molecule has 0 saturated heterocycles. The average molecular weight is 464 g/mol. The molecule has 32 heavy (non-hydrogen) atoms. The maximum absolute atomic E-state index is 12.0. The molecule has 0 atom stereocenters. The van der Waals surface area contributed by atoms with E-state index in [1.165, 1.54) is 7.11 Å². The Kier molecular flexibility index (Phi) is 8.68. The van der Waals surface area contributed by atoms with Crippen LogP contribution in [0.4, 0.5) is 5.69 Å². The quantitative estimate of drug-likeness (QED) is 0.459. The monoisotopic (exact) mass is 463 g/mol. The van der Waals surface area contributed by atoms with Crippen LogP contribution in [0.1, 0.15) is 6.42 Å². The molecular weight excluding hydrogens is 438 g/mol. The first kappa shape index (κ1) is 24.8. The second kappa shape index (κ2) is 11.2. The fourth-order valence-corrected chi connectivity index (χ4v) is 3.25. The van der Waals surface area contributed by atoms with Gasteiger partial charge in [-0.05, 0) is 18.2 Å². The van der Waals surface area contributed by atoms with Crippen molar-refractivity contribution in [2.75, 3.05) is 39.6 Å². The van der Waals surface area contributed by atoms with Gasteiger partial charge in [-0.15, -0.1) is 16.7 Å². The number of aromatic nitrogens is 3. The number of nitrogens with zero attached hydrogens (tertiary/aromatic N) is 3. The smallest absolute Gasteiger partial charge is 0.225 e. The summed E-state index contributed by atoms with van der Waals surface area (Å²) in [6.07, 6.45) is 1.81. The fourth-order valence-electron chi connectivity index (χ4n) is 3.08. The molecule has 1 heterocycles. The van der Waals surface area contributed by atoms with Gasteiger partial charge in [-0.3, -0.25) is 4.79 Å². The number of anilines is 1. The number of halogens is 1. The predicted octanol–water partition coefficient (Wildman–Crippen LogP) is 3.70. The van der Waals surface area contributed by atoms with Crippen molar-refractivity contribution in [2.45, 2.75) is 6.42 Å². The molecule has 10 nitrogen and oxygen atoms in total. The van der Waals surface area contributed by atoms with Crippen LogP contribution in [0.5, 0.6) is 23.0 Å². The Labute approximate surface area is 191 Å². The number of rotatable bonds is 9. The molecule has 0 unspecified atom stereocenters. The standard InChI is InChI=1S/C21H23ClN4O5.H3N/c1-28-17-6-5-13(9-15(17)24-20(27)7-8-22)16-12-23-25-26(16)14-10-18(29-2)21(31-4)19(11-14)30-3;/h5-6,9-12H,7-8H2,1-4H3,(H,24,27);1H3. The van der Waals surface area contributed by atoms with E-state index in [1.54, 1.807) is 56.5 Å². The highest BCUT2D eigenvalue weighted by atomic mass is 35.5. The number of benzene rings is 2. The molecule has 0 spiro atoms. The van der Waals surface area contributed by atoms with Crippen molar-refractivity contribution in [2.24, 2.45) is 0 Å². The van der Waals surface area contributed by atoms with Crippen LogP contribution < -0.4 is 30.4 Å². The first-order valence-corrected chi connectivity index (χ1v) is 9.85. The van der Waals surface area contributed by atoms with Crippen molar-refractivity contribution in [3.05, 3.63) is 36.5 Å². The van der Waals surface area contributed by atoms with Crippen molar-refractivity contribution in [3.63, 3.8) is 0 Å². The van der Waals surface area contributed by atoms with Gasteiger partial charge in [-0.25, -0.2) is 4.68 Å². The van der Waals surface area contributed by atoms with E-state index in [1.807, 2.05) is 6.07 Å². The molecule has 4 N–H and O–H groups in total. The van der Waals surface area contributed by atoms with Crippen LogP contribution >= 0.6 is 11.6 Å². The molecule has 1 amide bonds. The van der Waals surface area contributed by atoms with E-state index in [4.69, 9.17) is 30.5 Å². The van der Waals surface area contributed by atoms with Gasteiger partial charge in [0.1, 0.15) is 5.75 Å². The van der Waals surface area contributed by atoms with Gasteiger partial charge in [-0.2, -0.15) is 0 Å². The van der Waals surface area contributed by atoms with Gasteiger partial charge in [-0.1, -0.05) is 5.21 Å². The summed E-state index contributed by atoms with van der Waals surface area (Å²) in [5.74, 6) is 2.00. The summed E-state index contributed by atoms with van der Waals surface area (Å²) >= 11 is 5.67. The van der Waals surface area contributed by atoms with Gasteiger partial charge in [0, 0.05) is 30.0 Å². The zero-order valence-electron chi connectivity index (χ0n) is 18.3. The highest BCUT2D eigenvalue weighted by molar-refractivity contribution is 6.19. The maximum Gasteiger partial charge on any atom is 0.225 e. The molecule has 172 valence electrons. The Hall–Kier alpha value is -3.50. The number of carbonyl (C=O) groups is 1. The van der Waals surface area contributed by atoms with Crippen molar-refractivity contribution < 1.29 is 23.7 Å².